The van der Waals surface area contributed by atoms with Gasteiger partial charge in [0.2, 0.25) is 0 Å². The second-order valence-electron chi connectivity index (χ2n) is 1.88. The maximum Gasteiger partial charge on any atom is 0.000281 e. The van der Waals surface area contributed by atoms with Crippen LogP contribution in [-0.4, -0.2) is 5.33 Å². The third-order valence-corrected chi connectivity index (χ3v) is 1.04. The Morgan fingerprint density at radius 1 is 1.36 bits per heavy atom. The van der Waals surface area contributed by atoms with Crippen LogP contribution in [0.5, 0.6) is 0 Å². The van der Waals surface area contributed by atoms with Crippen molar-refractivity contribution in [3.05, 3.63) is 42.5 Å². The van der Waals surface area contributed by atoms with Crippen molar-refractivity contribution in [3.63, 3.8) is 0 Å². The molecule has 1 aromatic rings. The van der Waals surface area contributed by atoms with E-state index in [1.165, 1.54) is 5.56 Å². The predicted octanol–water partition coefficient (Wildman–Crippen LogP) is 3.73. The van der Waals surface area contributed by atoms with Crippen molar-refractivity contribution in [1.82, 2.24) is 0 Å². The Balaban J connectivity index is 0.000000292. The van der Waals surface area contributed by atoms with Crippen LogP contribution in [0.25, 0.3) is 6.08 Å². The molecule has 0 aliphatic carbocycles. The summed E-state index contributed by atoms with van der Waals surface area (Å²) in [6.07, 6.45) is 1.83. The van der Waals surface area contributed by atoms with Crippen LogP contribution in [-0.2, 0) is 0 Å². The first-order chi connectivity index (χ1) is 5.35. The number of rotatable bonds is 1. The maximum atomic E-state index is 3.63. The smallest absolute Gasteiger partial charge is 0.000281 e. The zero-order valence-corrected chi connectivity index (χ0v) is 8.34. The van der Waals surface area contributed by atoms with E-state index >= 15 is 0 Å². The normalized spacial score (nSPS) is 7.82. The van der Waals surface area contributed by atoms with E-state index in [9.17, 15) is 0 Å². The van der Waals surface area contributed by atoms with Gasteiger partial charge in [-0.25, -0.2) is 0 Å². The summed E-state index contributed by atoms with van der Waals surface area (Å²) in [7, 11) is 0. The molecular weight excluding hydrogens is 200 g/mol. The number of alkyl halides is 1. The Morgan fingerprint density at radius 2 is 1.82 bits per heavy atom. The SMILES string of the molecule is C=Cc1ccccc1.CCBr. The maximum absolute atomic E-state index is 3.63. The molecule has 0 saturated heterocycles. The van der Waals surface area contributed by atoms with Gasteiger partial charge in [-0.15, -0.1) is 0 Å². The van der Waals surface area contributed by atoms with Crippen LogP contribution >= 0.6 is 15.9 Å². The van der Waals surface area contributed by atoms with Crippen LogP contribution in [0.3, 0.4) is 0 Å². The molecular formula is C10H13Br. The van der Waals surface area contributed by atoms with Gasteiger partial charge in [-0.05, 0) is 5.56 Å². The zero-order chi connectivity index (χ0) is 8.53. The first-order valence-electron chi connectivity index (χ1n) is 3.58. The van der Waals surface area contributed by atoms with E-state index in [1.807, 2.05) is 43.3 Å². The summed E-state index contributed by atoms with van der Waals surface area (Å²) in [5.74, 6) is 0. The molecule has 0 unspecified atom stereocenters. The van der Waals surface area contributed by atoms with E-state index < -0.39 is 0 Å². The van der Waals surface area contributed by atoms with Crippen LogP contribution in [0.15, 0.2) is 36.9 Å². The van der Waals surface area contributed by atoms with Crippen molar-refractivity contribution in [2.75, 3.05) is 5.33 Å². The van der Waals surface area contributed by atoms with Crippen LogP contribution in [0, 0.1) is 0 Å². The molecule has 60 valence electrons. The summed E-state index contributed by atoms with van der Waals surface area (Å²) in [6, 6.07) is 10.0. The summed E-state index contributed by atoms with van der Waals surface area (Å²) in [5, 5.41) is 1.06. The number of halogens is 1. The first kappa shape index (κ1) is 10.4. The topological polar surface area (TPSA) is 0 Å². The minimum absolute atomic E-state index is 1.06. The zero-order valence-electron chi connectivity index (χ0n) is 6.76. The van der Waals surface area contributed by atoms with Crippen molar-refractivity contribution in [2.24, 2.45) is 0 Å². The molecule has 0 nitrogen and oxygen atoms in total. The minimum atomic E-state index is 1.06. The van der Waals surface area contributed by atoms with Gasteiger partial charge in [0.15, 0.2) is 0 Å². The van der Waals surface area contributed by atoms with Crippen LogP contribution in [0.1, 0.15) is 12.5 Å². The standard InChI is InChI=1S/C8H8.C2H5Br/c1-2-8-6-4-3-5-7-8;1-2-3/h2-7H,1H2;2H2,1H3. The van der Waals surface area contributed by atoms with Gasteiger partial charge in [0.25, 0.3) is 0 Å². The Hall–Kier alpha value is -0.560. The Kier molecular flexibility index (Phi) is 7.16. The van der Waals surface area contributed by atoms with Gasteiger partial charge < -0.3 is 0 Å². The summed E-state index contributed by atoms with van der Waals surface area (Å²) in [6.45, 7) is 5.67. The Bertz CT molecular complexity index is 179. The fourth-order valence-electron chi connectivity index (χ4n) is 0.589. The molecule has 0 heterocycles. The molecule has 0 aliphatic rings. The average Bonchev–Trinajstić information content (AvgIpc) is 2.08. The Morgan fingerprint density at radius 3 is 2.09 bits per heavy atom. The van der Waals surface area contributed by atoms with Crippen molar-refractivity contribution in [3.8, 4) is 0 Å². The van der Waals surface area contributed by atoms with Gasteiger partial charge in [-0.3, -0.25) is 0 Å². The molecule has 0 N–H and O–H groups in total. The summed E-state index contributed by atoms with van der Waals surface area (Å²) in [4.78, 5) is 0. The molecule has 1 aromatic carbocycles. The molecule has 1 heteroatoms. The number of hydrogen-bond acceptors (Lipinski definition) is 0. The van der Waals surface area contributed by atoms with Gasteiger partial charge >= 0.3 is 0 Å². The van der Waals surface area contributed by atoms with Crippen molar-refractivity contribution in [2.45, 2.75) is 6.92 Å². The third kappa shape index (κ3) is 5.86. The van der Waals surface area contributed by atoms with Crippen molar-refractivity contribution >= 4 is 22.0 Å². The van der Waals surface area contributed by atoms with E-state index in [1.54, 1.807) is 0 Å². The third-order valence-electron chi connectivity index (χ3n) is 1.04. The van der Waals surface area contributed by atoms with Gasteiger partial charge in [0.1, 0.15) is 0 Å². The van der Waals surface area contributed by atoms with E-state index in [0.29, 0.717) is 0 Å². The largest absolute Gasteiger partial charge is 0.0985 e. The van der Waals surface area contributed by atoms with Gasteiger partial charge in [0.05, 0.1) is 0 Å². The Labute approximate surface area is 77.1 Å². The predicted molar refractivity (Wildman–Crippen MR) is 56.0 cm³/mol. The fraction of sp³-hybridized carbons (Fsp3) is 0.200. The van der Waals surface area contributed by atoms with E-state index in [-0.39, 0.29) is 0 Å². The van der Waals surface area contributed by atoms with Gasteiger partial charge in [-0.2, -0.15) is 0 Å². The second kappa shape index (κ2) is 7.55. The highest BCUT2D eigenvalue weighted by Gasteiger charge is 1.75. The monoisotopic (exact) mass is 212 g/mol. The van der Waals surface area contributed by atoms with Crippen molar-refractivity contribution in [1.29, 1.82) is 0 Å². The quantitative estimate of drug-likeness (QED) is 0.623. The molecule has 0 bridgehead atoms. The molecule has 0 saturated carbocycles. The molecule has 1 rings (SSSR count). The van der Waals surface area contributed by atoms with Crippen LogP contribution < -0.4 is 0 Å². The average molecular weight is 213 g/mol. The van der Waals surface area contributed by atoms with Crippen molar-refractivity contribution < 1.29 is 0 Å². The highest BCUT2D eigenvalue weighted by molar-refractivity contribution is 9.09. The highest BCUT2D eigenvalue weighted by atomic mass is 79.9. The molecule has 0 aromatic heterocycles. The fourth-order valence-corrected chi connectivity index (χ4v) is 0.589. The first-order valence-corrected chi connectivity index (χ1v) is 4.70. The molecule has 0 amide bonds. The molecule has 0 aliphatic heterocycles. The van der Waals surface area contributed by atoms with Gasteiger partial charge in [0, 0.05) is 5.33 Å². The lowest BCUT2D eigenvalue weighted by atomic mass is 10.2. The minimum Gasteiger partial charge on any atom is -0.0985 e. The molecule has 0 atom stereocenters. The lowest BCUT2D eigenvalue weighted by molar-refractivity contribution is 1.56. The molecule has 0 fully saturated rings. The highest BCUT2D eigenvalue weighted by Crippen LogP contribution is 1.97. The molecule has 0 spiro atoms. The summed E-state index contributed by atoms with van der Waals surface area (Å²) >= 11 is 3.15. The summed E-state index contributed by atoms with van der Waals surface area (Å²) < 4.78 is 0. The number of benzene rings is 1. The van der Waals surface area contributed by atoms with E-state index in [2.05, 4.69) is 22.5 Å². The van der Waals surface area contributed by atoms with E-state index in [4.69, 9.17) is 0 Å². The number of hydrogen-bond donors (Lipinski definition) is 0. The lowest BCUT2D eigenvalue weighted by Crippen LogP contribution is -1.63. The second-order valence-corrected chi connectivity index (χ2v) is 3.00. The molecule has 11 heavy (non-hydrogen) atoms. The molecule has 0 radical (unpaired) electrons. The van der Waals surface area contributed by atoms with E-state index in [0.717, 1.165) is 5.33 Å². The van der Waals surface area contributed by atoms with Crippen LogP contribution in [0.4, 0.5) is 0 Å². The van der Waals surface area contributed by atoms with Crippen LogP contribution in [0.2, 0.25) is 0 Å². The lowest BCUT2D eigenvalue weighted by Gasteiger charge is -1.85. The van der Waals surface area contributed by atoms with Gasteiger partial charge in [-0.1, -0.05) is 65.8 Å². The summed E-state index contributed by atoms with van der Waals surface area (Å²) in [5.41, 5.74) is 1.17.